The van der Waals surface area contributed by atoms with Crippen molar-refractivity contribution in [2.75, 3.05) is 0 Å². The van der Waals surface area contributed by atoms with Gasteiger partial charge in [0, 0.05) is 6.42 Å². The zero-order chi connectivity index (χ0) is 16.0. The molecule has 0 saturated carbocycles. The normalized spacial score (nSPS) is 36.6. The highest BCUT2D eigenvalue weighted by molar-refractivity contribution is 5.69. The lowest BCUT2D eigenvalue weighted by Crippen LogP contribution is -2.26. The second kappa shape index (κ2) is 7.76. The summed E-state index contributed by atoms with van der Waals surface area (Å²) >= 11 is 0. The van der Waals surface area contributed by atoms with Crippen LogP contribution in [0.25, 0.3) is 0 Å². The average molecular weight is 296 g/mol. The molecule has 0 aliphatic carbocycles. The van der Waals surface area contributed by atoms with E-state index in [1.807, 2.05) is 19.9 Å². The van der Waals surface area contributed by atoms with Gasteiger partial charge in [0.15, 0.2) is 0 Å². The maximum Gasteiger partial charge on any atom is 0.306 e. The summed E-state index contributed by atoms with van der Waals surface area (Å²) in [6.45, 7) is 7.46. The molecular formula is C17H28O4. The van der Waals surface area contributed by atoms with Crippen LogP contribution in [0.3, 0.4) is 0 Å². The Morgan fingerprint density at radius 3 is 2.71 bits per heavy atom. The van der Waals surface area contributed by atoms with Gasteiger partial charge in [0.2, 0.25) is 0 Å². The van der Waals surface area contributed by atoms with Crippen LogP contribution in [0.1, 0.15) is 53.4 Å². The first-order chi connectivity index (χ1) is 9.71. The summed E-state index contributed by atoms with van der Waals surface area (Å²) < 4.78 is 5.40. The van der Waals surface area contributed by atoms with Crippen molar-refractivity contribution in [2.24, 2.45) is 5.92 Å². The summed E-state index contributed by atoms with van der Waals surface area (Å²) in [5, 5.41) is 20.2. The molecule has 21 heavy (non-hydrogen) atoms. The molecule has 1 aliphatic heterocycles. The van der Waals surface area contributed by atoms with Crippen LogP contribution in [0.2, 0.25) is 0 Å². The summed E-state index contributed by atoms with van der Waals surface area (Å²) in [6, 6.07) is 0. The minimum Gasteiger partial charge on any atom is -0.462 e. The second-order valence-corrected chi connectivity index (χ2v) is 6.36. The van der Waals surface area contributed by atoms with Crippen molar-refractivity contribution in [1.82, 2.24) is 0 Å². The minimum atomic E-state index is -1.13. The lowest BCUT2D eigenvalue weighted by molar-refractivity contribution is -0.151. The Balaban J connectivity index is 2.87. The molecule has 1 rings (SSSR count). The molecule has 0 radical (unpaired) electrons. The molecule has 0 aromatic carbocycles. The predicted molar refractivity (Wildman–Crippen MR) is 82.7 cm³/mol. The largest absolute Gasteiger partial charge is 0.462 e. The summed E-state index contributed by atoms with van der Waals surface area (Å²) in [5.41, 5.74) is -0.254. The van der Waals surface area contributed by atoms with Gasteiger partial charge in [-0.3, -0.25) is 4.79 Å². The number of hydrogen-bond donors (Lipinski definition) is 2. The Bertz CT molecular complexity index is 409. The zero-order valence-corrected chi connectivity index (χ0v) is 13.5. The molecule has 1 heterocycles. The standard InChI is InChI=1S/C17H28O4/c1-12-6-5-7-13(2)15(18)8-10-17(4,20)11-9-16(19)21-14(12)3/h7-8,10,12,14-15,18,20H,5-6,9,11H2,1-4H3/t12-,14+,15-,17+/m0/s1. The van der Waals surface area contributed by atoms with Crippen molar-refractivity contribution in [2.45, 2.75) is 71.2 Å². The van der Waals surface area contributed by atoms with Crippen LogP contribution in [0.15, 0.2) is 23.8 Å². The van der Waals surface area contributed by atoms with E-state index in [4.69, 9.17) is 4.74 Å². The molecule has 0 bridgehead atoms. The quantitative estimate of drug-likeness (QED) is 0.533. The van der Waals surface area contributed by atoms with Crippen molar-refractivity contribution in [3.63, 3.8) is 0 Å². The number of cyclic esters (lactones) is 1. The molecule has 0 spiro atoms. The van der Waals surface area contributed by atoms with Gasteiger partial charge in [0.1, 0.15) is 6.10 Å². The summed E-state index contributed by atoms with van der Waals surface area (Å²) in [5.74, 6) is -0.0264. The third kappa shape index (κ3) is 6.44. The van der Waals surface area contributed by atoms with Crippen LogP contribution in [0, 0.1) is 5.92 Å². The molecule has 1 aliphatic rings. The average Bonchev–Trinajstić information content (AvgIpc) is 2.41. The summed E-state index contributed by atoms with van der Waals surface area (Å²) in [7, 11) is 0. The van der Waals surface area contributed by atoms with Crippen LogP contribution in [-0.2, 0) is 9.53 Å². The fourth-order valence-corrected chi connectivity index (χ4v) is 2.20. The van der Waals surface area contributed by atoms with Gasteiger partial charge in [0.25, 0.3) is 0 Å². The number of esters is 1. The molecule has 0 amide bonds. The maximum absolute atomic E-state index is 11.8. The summed E-state index contributed by atoms with van der Waals surface area (Å²) in [4.78, 5) is 11.8. The fourth-order valence-electron chi connectivity index (χ4n) is 2.20. The molecule has 0 unspecified atom stereocenters. The number of ether oxygens (including phenoxy) is 1. The predicted octanol–water partition coefficient (Wildman–Crippen LogP) is 2.74. The van der Waals surface area contributed by atoms with Gasteiger partial charge in [-0.15, -0.1) is 0 Å². The van der Waals surface area contributed by atoms with E-state index in [1.165, 1.54) is 0 Å². The molecule has 4 heteroatoms. The molecular weight excluding hydrogens is 268 g/mol. The highest BCUT2D eigenvalue weighted by Gasteiger charge is 2.22. The number of rotatable bonds is 0. The number of aliphatic hydroxyl groups excluding tert-OH is 1. The summed E-state index contributed by atoms with van der Waals surface area (Å²) in [6.07, 6.45) is 6.47. The molecule has 120 valence electrons. The van der Waals surface area contributed by atoms with Crippen molar-refractivity contribution < 1.29 is 19.7 Å². The third-order valence-electron chi connectivity index (χ3n) is 4.15. The molecule has 0 aromatic heterocycles. The maximum atomic E-state index is 11.8. The molecule has 0 aromatic rings. The van der Waals surface area contributed by atoms with Crippen molar-refractivity contribution in [1.29, 1.82) is 0 Å². The van der Waals surface area contributed by atoms with E-state index in [1.54, 1.807) is 19.1 Å². The van der Waals surface area contributed by atoms with Crippen molar-refractivity contribution in [3.05, 3.63) is 23.8 Å². The van der Waals surface area contributed by atoms with Crippen LogP contribution in [0.4, 0.5) is 0 Å². The van der Waals surface area contributed by atoms with E-state index in [9.17, 15) is 15.0 Å². The first-order valence-electron chi connectivity index (χ1n) is 7.67. The molecule has 0 fully saturated rings. The van der Waals surface area contributed by atoms with Crippen molar-refractivity contribution in [3.8, 4) is 0 Å². The van der Waals surface area contributed by atoms with Gasteiger partial charge in [0.05, 0.1) is 11.7 Å². The highest BCUT2D eigenvalue weighted by Crippen LogP contribution is 2.20. The Hall–Kier alpha value is -1.13. The topological polar surface area (TPSA) is 66.8 Å². The first-order valence-corrected chi connectivity index (χ1v) is 7.67. The van der Waals surface area contributed by atoms with Gasteiger partial charge in [-0.25, -0.2) is 0 Å². The highest BCUT2D eigenvalue weighted by atomic mass is 16.5. The number of allylic oxidation sites excluding steroid dienone is 1. The first kappa shape index (κ1) is 17.9. The number of aliphatic hydroxyl groups is 2. The van der Waals surface area contributed by atoms with Gasteiger partial charge in [-0.1, -0.05) is 25.2 Å². The molecule has 4 nitrogen and oxygen atoms in total. The van der Waals surface area contributed by atoms with E-state index in [-0.39, 0.29) is 30.8 Å². The fraction of sp³-hybridized carbons (Fsp3) is 0.706. The Morgan fingerprint density at radius 1 is 1.38 bits per heavy atom. The van der Waals surface area contributed by atoms with Gasteiger partial charge in [-0.05, 0) is 51.5 Å². The lowest BCUT2D eigenvalue weighted by atomic mass is 9.96. The zero-order valence-electron chi connectivity index (χ0n) is 13.5. The van der Waals surface area contributed by atoms with Crippen molar-refractivity contribution >= 4 is 5.97 Å². The molecule has 2 N–H and O–H groups in total. The Labute approximate surface area is 127 Å². The number of hydrogen-bond acceptors (Lipinski definition) is 4. The Morgan fingerprint density at radius 2 is 2.05 bits per heavy atom. The van der Waals surface area contributed by atoms with E-state index in [0.29, 0.717) is 0 Å². The monoisotopic (exact) mass is 296 g/mol. The van der Waals surface area contributed by atoms with Crippen LogP contribution < -0.4 is 0 Å². The van der Waals surface area contributed by atoms with Crippen LogP contribution in [0.5, 0.6) is 0 Å². The van der Waals surface area contributed by atoms with Crippen LogP contribution >= 0.6 is 0 Å². The number of carbonyl (C=O) groups is 1. The number of carbonyl (C=O) groups excluding carboxylic acids is 1. The second-order valence-electron chi connectivity index (χ2n) is 6.36. The van der Waals surface area contributed by atoms with E-state index in [2.05, 4.69) is 6.92 Å². The van der Waals surface area contributed by atoms with E-state index >= 15 is 0 Å². The lowest BCUT2D eigenvalue weighted by Gasteiger charge is -2.23. The molecule has 4 atom stereocenters. The molecule has 0 saturated heterocycles. The van der Waals surface area contributed by atoms with Crippen LogP contribution in [-0.4, -0.2) is 34.0 Å². The SMILES string of the molecule is CC1=CCC[C@H](C)[C@@H](C)OC(=O)CC[C@](C)(O)C=C[C@@H]1O. The Kier molecular flexibility index (Phi) is 6.62. The van der Waals surface area contributed by atoms with E-state index in [0.717, 1.165) is 18.4 Å². The van der Waals surface area contributed by atoms with E-state index < -0.39 is 11.7 Å². The van der Waals surface area contributed by atoms with Gasteiger partial charge >= 0.3 is 5.97 Å². The van der Waals surface area contributed by atoms with Gasteiger partial charge in [-0.2, -0.15) is 0 Å². The smallest absolute Gasteiger partial charge is 0.306 e. The van der Waals surface area contributed by atoms with Gasteiger partial charge < -0.3 is 14.9 Å². The minimum absolute atomic E-state index is 0.139. The third-order valence-corrected chi connectivity index (χ3v) is 4.15.